The minimum Gasteiger partial charge on any atom is -0.468 e. The Hall–Kier alpha value is -1.58. The second-order valence-corrected chi connectivity index (χ2v) is 4.28. The van der Waals surface area contributed by atoms with Gasteiger partial charge in [-0.05, 0) is 12.5 Å². The third kappa shape index (κ3) is 2.33. The van der Waals surface area contributed by atoms with Crippen molar-refractivity contribution in [3.05, 3.63) is 18.4 Å². The van der Waals surface area contributed by atoms with Gasteiger partial charge in [-0.3, -0.25) is 9.59 Å². The molecule has 0 heterocycles. The molecule has 2 atom stereocenters. The van der Waals surface area contributed by atoms with Crippen molar-refractivity contribution in [1.29, 1.82) is 0 Å². The van der Waals surface area contributed by atoms with Crippen LogP contribution >= 0.6 is 0 Å². The first-order chi connectivity index (χ1) is 8.55. The lowest BCUT2D eigenvalue weighted by Crippen LogP contribution is -2.39. The highest BCUT2D eigenvalue weighted by Gasteiger charge is 2.57. The number of carbonyl (C=O) groups excluding carboxylic acids is 2. The van der Waals surface area contributed by atoms with Crippen LogP contribution in [0.1, 0.15) is 12.8 Å². The third-order valence-electron chi connectivity index (χ3n) is 3.40. The Labute approximate surface area is 106 Å². The second-order valence-electron chi connectivity index (χ2n) is 4.28. The first-order valence-corrected chi connectivity index (χ1v) is 5.61. The van der Waals surface area contributed by atoms with E-state index < -0.39 is 17.4 Å². The molecule has 1 saturated carbocycles. The molecule has 1 rings (SSSR count). The average Bonchev–Trinajstić information content (AvgIpc) is 2.77. The molecule has 0 aromatic heterocycles. The zero-order valence-corrected chi connectivity index (χ0v) is 10.9. The molecular weight excluding hydrogens is 236 g/mol. The molecule has 0 aliphatic heterocycles. The fraction of sp³-hybridized carbons (Fsp3) is 0.615. The van der Waals surface area contributed by atoms with Gasteiger partial charge >= 0.3 is 11.9 Å². The molecular formula is C13H18O5. The minimum atomic E-state index is -1.29. The fourth-order valence-corrected chi connectivity index (χ4v) is 2.50. The van der Waals surface area contributed by atoms with Crippen LogP contribution in [0.3, 0.4) is 0 Å². The Morgan fingerprint density at radius 3 is 2.17 bits per heavy atom. The normalized spacial score (nSPS) is 25.1. The van der Waals surface area contributed by atoms with Crippen molar-refractivity contribution < 1.29 is 23.8 Å². The number of rotatable bonds is 4. The summed E-state index contributed by atoms with van der Waals surface area (Å²) in [6, 6.07) is 0. The lowest BCUT2D eigenvalue weighted by Gasteiger charge is -2.22. The maximum Gasteiger partial charge on any atom is 0.323 e. The molecule has 0 aromatic rings. The minimum absolute atomic E-state index is 0.106. The Balaban J connectivity index is 3.11. The Kier molecular flexibility index (Phi) is 4.70. The number of hydrogen-bond acceptors (Lipinski definition) is 5. The standard InChI is InChI=1S/C13H18O5/c1-5-6-9-7-13(11(14)17-3,12(15)18-4)8-10(9)16-2/h6,9-10H,1,7-8H2,2-4H3/t9-,10+/m1/s1. The lowest BCUT2D eigenvalue weighted by atomic mass is 9.85. The molecule has 100 valence electrons. The molecule has 0 spiro atoms. The van der Waals surface area contributed by atoms with Crippen LogP contribution in [0.25, 0.3) is 0 Å². The monoisotopic (exact) mass is 254 g/mol. The predicted molar refractivity (Wildman–Crippen MR) is 63.7 cm³/mol. The van der Waals surface area contributed by atoms with Gasteiger partial charge in [0.05, 0.1) is 20.3 Å². The van der Waals surface area contributed by atoms with Gasteiger partial charge in [0.15, 0.2) is 5.41 Å². The summed E-state index contributed by atoms with van der Waals surface area (Å²) >= 11 is 0. The van der Waals surface area contributed by atoms with Gasteiger partial charge in [-0.25, -0.2) is 0 Å². The van der Waals surface area contributed by atoms with Crippen LogP contribution in [-0.4, -0.2) is 39.4 Å². The van der Waals surface area contributed by atoms with E-state index in [1.54, 1.807) is 13.2 Å². The highest BCUT2D eigenvalue weighted by atomic mass is 16.5. The zero-order valence-electron chi connectivity index (χ0n) is 10.9. The number of esters is 2. The Morgan fingerprint density at radius 2 is 1.78 bits per heavy atom. The molecule has 0 aromatic carbocycles. The number of methoxy groups -OCH3 is 3. The van der Waals surface area contributed by atoms with E-state index in [2.05, 4.69) is 12.3 Å². The van der Waals surface area contributed by atoms with Gasteiger partial charge in [-0.15, -0.1) is 5.73 Å². The molecule has 0 unspecified atom stereocenters. The summed E-state index contributed by atoms with van der Waals surface area (Å²) in [7, 11) is 4.05. The van der Waals surface area contributed by atoms with Crippen LogP contribution in [0, 0.1) is 11.3 Å². The van der Waals surface area contributed by atoms with E-state index in [1.165, 1.54) is 14.2 Å². The molecule has 0 radical (unpaired) electrons. The molecule has 0 saturated heterocycles. The van der Waals surface area contributed by atoms with Gasteiger partial charge in [-0.2, -0.15) is 0 Å². The number of hydrogen-bond donors (Lipinski definition) is 0. The molecule has 0 bridgehead atoms. The summed E-state index contributed by atoms with van der Waals surface area (Å²) in [5, 5.41) is 0. The van der Waals surface area contributed by atoms with Crippen molar-refractivity contribution in [2.24, 2.45) is 11.3 Å². The molecule has 5 heteroatoms. The summed E-state index contributed by atoms with van der Waals surface area (Å²) in [6.45, 7) is 3.50. The van der Waals surface area contributed by atoms with E-state index >= 15 is 0 Å². The summed E-state index contributed by atoms with van der Waals surface area (Å²) in [5.41, 5.74) is 1.38. The Bertz CT molecular complexity index is 365. The van der Waals surface area contributed by atoms with Gasteiger partial charge in [0.2, 0.25) is 0 Å². The summed E-state index contributed by atoms with van der Waals surface area (Å²) in [4.78, 5) is 23.8. The lowest BCUT2D eigenvalue weighted by molar-refractivity contribution is -0.169. The fourth-order valence-electron chi connectivity index (χ4n) is 2.50. The predicted octanol–water partition coefficient (Wildman–Crippen LogP) is 1.08. The largest absolute Gasteiger partial charge is 0.468 e. The highest BCUT2D eigenvalue weighted by molar-refractivity contribution is 6.00. The van der Waals surface area contributed by atoms with Crippen LogP contribution in [0.2, 0.25) is 0 Å². The smallest absolute Gasteiger partial charge is 0.323 e. The molecule has 18 heavy (non-hydrogen) atoms. The van der Waals surface area contributed by atoms with Crippen LogP contribution in [0.15, 0.2) is 18.4 Å². The van der Waals surface area contributed by atoms with Crippen molar-refractivity contribution in [3.8, 4) is 0 Å². The van der Waals surface area contributed by atoms with Crippen molar-refractivity contribution in [2.45, 2.75) is 18.9 Å². The van der Waals surface area contributed by atoms with E-state index in [4.69, 9.17) is 14.2 Å². The van der Waals surface area contributed by atoms with E-state index in [1.807, 2.05) is 0 Å². The molecule has 0 N–H and O–H groups in total. The topological polar surface area (TPSA) is 61.8 Å². The molecule has 1 fully saturated rings. The van der Waals surface area contributed by atoms with Crippen LogP contribution in [0.5, 0.6) is 0 Å². The first-order valence-electron chi connectivity index (χ1n) is 5.61. The van der Waals surface area contributed by atoms with Gasteiger partial charge in [0.1, 0.15) is 0 Å². The SMILES string of the molecule is C=C=C[C@@H]1CC(C(=O)OC)(C(=O)OC)C[C@@H]1OC. The van der Waals surface area contributed by atoms with E-state index in [9.17, 15) is 9.59 Å². The maximum atomic E-state index is 11.9. The van der Waals surface area contributed by atoms with Crippen LogP contribution in [0.4, 0.5) is 0 Å². The quantitative estimate of drug-likeness (QED) is 0.427. The van der Waals surface area contributed by atoms with Gasteiger partial charge in [-0.1, -0.05) is 6.58 Å². The van der Waals surface area contributed by atoms with E-state index in [0.29, 0.717) is 0 Å². The van der Waals surface area contributed by atoms with Gasteiger partial charge in [0, 0.05) is 19.4 Å². The summed E-state index contributed by atoms with van der Waals surface area (Å²) in [5.74, 6) is -1.28. The summed E-state index contributed by atoms with van der Waals surface area (Å²) < 4.78 is 14.8. The van der Waals surface area contributed by atoms with Crippen molar-refractivity contribution in [2.75, 3.05) is 21.3 Å². The Morgan fingerprint density at radius 1 is 1.22 bits per heavy atom. The van der Waals surface area contributed by atoms with Gasteiger partial charge < -0.3 is 14.2 Å². The van der Waals surface area contributed by atoms with Crippen LogP contribution < -0.4 is 0 Å². The zero-order chi connectivity index (χ0) is 13.8. The highest BCUT2D eigenvalue weighted by Crippen LogP contribution is 2.45. The van der Waals surface area contributed by atoms with Crippen molar-refractivity contribution in [1.82, 2.24) is 0 Å². The van der Waals surface area contributed by atoms with E-state index in [0.717, 1.165) is 0 Å². The van der Waals surface area contributed by atoms with Crippen molar-refractivity contribution in [3.63, 3.8) is 0 Å². The number of carbonyl (C=O) groups is 2. The maximum absolute atomic E-state index is 11.9. The van der Waals surface area contributed by atoms with Crippen LogP contribution in [-0.2, 0) is 23.8 Å². The van der Waals surface area contributed by atoms with E-state index in [-0.39, 0.29) is 24.9 Å². The van der Waals surface area contributed by atoms with Gasteiger partial charge in [0.25, 0.3) is 0 Å². The third-order valence-corrected chi connectivity index (χ3v) is 3.40. The first kappa shape index (κ1) is 14.5. The molecule has 5 nitrogen and oxygen atoms in total. The molecule has 1 aliphatic carbocycles. The molecule has 0 amide bonds. The number of ether oxygens (including phenoxy) is 3. The molecule has 1 aliphatic rings. The summed E-state index contributed by atoms with van der Waals surface area (Å²) in [6.07, 6.45) is 1.98. The second kappa shape index (κ2) is 5.85. The average molecular weight is 254 g/mol. The van der Waals surface area contributed by atoms with Crippen molar-refractivity contribution >= 4 is 11.9 Å².